The van der Waals surface area contributed by atoms with Gasteiger partial charge >= 0.3 is 0 Å². The molecule has 0 fully saturated rings. The Morgan fingerprint density at radius 3 is 2.60 bits per heavy atom. The van der Waals surface area contributed by atoms with E-state index in [0.29, 0.717) is 17.9 Å². The molecule has 5 nitrogen and oxygen atoms in total. The van der Waals surface area contributed by atoms with E-state index in [2.05, 4.69) is 4.98 Å². The van der Waals surface area contributed by atoms with Crippen molar-refractivity contribution in [3.63, 3.8) is 0 Å². The summed E-state index contributed by atoms with van der Waals surface area (Å²) in [6.07, 6.45) is 1.56. The van der Waals surface area contributed by atoms with Crippen molar-refractivity contribution in [1.82, 2.24) is 4.98 Å². The van der Waals surface area contributed by atoms with Gasteiger partial charge < -0.3 is 19.1 Å². The topological polar surface area (TPSA) is 68.7 Å². The van der Waals surface area contributed by atoms with E-state index in [-0.39, 0.29) is 18.6 Å². The molecule has 2 rings (SSSR count). The Bertz CT molecular complexity index is 556. The second-order valence-corrected chi connectivity index (χ2v) is 9.06. The molecular formula is C13H20NO4PV. The second-order valence-electron chi connectivity index (χ2n) is 5.71. The van der Waals surface area contributed by atoms with E-state index >= 15 is 0 Å². The van der Waals surface area contributed by atoms with Crippen LogP contribution in [0.25, 0.3) is 0 Å². The molecule has 20 heavy (non-hydrogen) atoms. The molecule has 111 valence electrons. The zero-order valence-corrected chi connectivity index (χ0v) is 14.7. The summed E-state index contributed by atoms with van der Waals surface area (Å²) in [5.41, 5.74) is 2.01. The summed E-state index contributed by atoms with van der Waals surface area (Å²) in [4.78, 5) is 4.23. The molecule has 1 aliphatic heterocycles. The molecule has 1 aliphatic rings. The fourth-order valence-corrected chi connectivity index (χ4v) is 2.91. The van der Waals surface area contributed by atoms with E-state index in [0.717, 1.165) is 11.3 Å². The maximum Gasteiger partial charge on any atom is 0.205 e. The van der Waals surface area contributed by atoms with E-state index in [4.69, 9.17) is 9.47 Å². The molecule has 1 radical (unpaired) electrons. The first kappa shape index (κ1) is 17.7. The van der Waals surface area contributed by atoms with Gasteiger partial charge in [-0.25, -0.2) is 0 Å². The van der Waals surface area contributed by atoms with Crippen LogP contribution in [-0.2, 0) is 34.5 Å². The molecule has 1 atom stereocenters. The number of fused-ring (bicyclic) bond motifs is 1. The molecule has 0 aliphatic carbocycles. The van der Waals surface area contributed by atoms with Crippen LogP contribution >= 0.6 is 7.14 Å². The molecule has 1 aromatic heterocycles. The molecule has 0 saturated heterocycles. The van der Waals surface area contributed by atoms with Gasteiger partial charge in [-0.15, -0.1) is 0 Å². The molecule has 0 spiro atoms. The Morgan fingerprint density at radius 1 is 1.45 bits per heavy atom. The van der Waals surface area contributed by atoms with E-state index in [1.54, 1.807) is 19.5 Å². The van der Waals surface area contributed by atoms with Crippen LogP contribution in [0.4, 0.5) is 0 Å². The van der Waals surface area contributed by atoms with Crippen molar-refractivity contribution >= 4 is 7.14 Å². The zero-order valence-electron chi connectivity index (χ0n) is 12.4. The Balaban J connectivity index is 0.00000200. The third kappa shape index (κ3) is 3.47. The van der Waals surface area contributed by atoms with Gasteiger partial charge in [-0.3, -0.25) is 4.98 Å². The van der Waals surface area contributed by atoms with Crippen LogP contribution in [0.2, 0.25) is 0 Å². The van der Waals surface area contributed by atoms with Crippen LogP contribution in [0.5, 0.6) is 5.75 Å². The average Bonchev–Trinajstić information content (AvgIpc) is 2.27. The summed E-state index contributed by atoms with van der Waals surface area (Å²) >= 11 is 0. The Morgan fingerprint density at radius 2 is 2.05 bits per heavy atom. The van der Waals surface area contributed by atoms with Gasteiger partial charge in [0.25, 0.3) is 0 Å². The molecule has 0 bridgehead atoms. The van der Waals surface area contributed by atoms with E-state index < -0.39 is 18.8 Å². The predicted molar refractivity (Wildman–Crippen MR) is 72.9 cm³/mol. The summed E-state index contributed by atoms with van der Waals surface area (Å²) < 4.78 is 23.4. The smallest absolute Gasteiger partial charge is 0.205 e. The minimum atomic E-state index is -2.67. The van der Waals surface area contributed by atoms with Crippen molar-refractivity contribution in [1.29, 1.82) is 0 Å². The third-order valence-corrected chi connectivity index (χ3v) is 4.58. The van der Waals surface area contributed by atoms with Crippen LogP contribution < -0.4 is 4.74 Å². The Hall–Kier alpha value is -0.316. The van der Waals surface area contributed by atoms with E-state index in [1.165, 1.54) is 0 Å². The van der Waals surface area contributed by atoms with Crippen LogP contribution in [-0.4, -0.2) is 29.2 Å². The molecule has 2 heterocycles. The summed E-state index contributed by atoms with van der Waals surface area (Å²) in [5, 5.41) is 10.2. The van der Waals surface area contributed by atoms with Gasteiger partial charge in [0.05, 0.1) is 12.3 Å². The number of aromatic nitrogens is 1. The fraction of sp³-hybridized carbons (Fsp3) is 0.615. The summed E-state index contributed by atoms with van der Waals surface area (Å²) in [5.74, 6) is -1.13. The van der Waals surface area contributed by atoms with Gasteiger partial charge in [-0.2, -0.15) is 0 Å². The van der Waals surface area contributed by atoms with Crippen LogP contribution in [0.15, 0.2) is 6.20 Å². The van der Waals surface area contributed by atoms with Crippen molar-refractivity contribution in [3.8, 4) is 5.75 Å². The number of rotatable bonds is 2. The Labute approximate surface area is 131 Å². The SMILES string of the molecule is Cc1ncc(C(O)P(C)(C)=O)c2c1OC(C)(C)OC2.[V]. The minimum Gasteiger partial charge on any atom is -0.461 e. The summed E-state index contributed by atoms with van der Waals surface area (Å²) in [6.45, 7) is 8.91. The van der Waals surface area contributed by atoms with Gasteiger partial charge in [0.15, 0.2) is 0 Å². The van der Waals surface area contributed by atoms with Gasteiger partial charge in [0, 0.05) is 49.7 Å². The molecular weight excluding hydrogens is 316 g/mol. The molecule has 1 N–H and O–H groups in total. The first-order valence-corrected chi connectivity index (χ1v) is 8.83. The molecule has 0 aromatic carbocycles. The number of aliphatic hydroxyl groups is 1. The van der Waals surface area contributed by atoms with Gasteiger partial charge in [-0.05, 0) is 20.3 Å². The fourth-order valence-electron chi connectivity index (χ4n) is 2.02. The van der Waals surface area contributed by atoms with Gasteiger partial charge in [0.1, 0.15) is 18.7 Å². The Kier molecular flexibility index (Phi) is 5.16. The number of aryl methyl sites for hydroxylation is 1. The van der Waals surface area contributed by atoms with Crippen molar-refractivity contribution in [2.24, 2.45) is 0 Å². The van der Waals surface area contributed by atoms with Gasteiger partial charge in [-0.1, -0.05) is 0 Å². The summed E-state index contributed by atoms with van der Waals surface area (Å²) in [7, 11) is -2.67. The first-order valence-electron chi connectivity index (χ1n) is 6.16. The summed E-state index contributed by atoms with van der Waals surface area (Å²) in [6, 6.07) is 0. The second kappa shape index (κ2) is 5.82. The molecule has 7 heteroatoms. The van der Waals surface area contributed by atoms with Crippen molar-refractivity contribution in [2.75, 3.05) is 13.3 Å². The molecule has 0 amide bonds. The normalized spacial score (nSPS) is 18.5. The van der Waals surface area contributed by atoms with Crippen LogP contribution in [0.1, 0.15) is 36.5 Å². The maximum atomic E-state index is 12.1. The monoisotopic (exact) mass is 336 g/mol. The van der Waals surface area contributed by atoms with Crippen LogP contribution in [0, 0.1) is 6.92 Å². The van der Waals surface area contributed by atoms with Crippen molar-refractivity contribution < 1.29 is 37.7 Å². The first-order chi connectivity index (χ1) is 8.62. The maximum absolute atomic E-state index is 12.1. The number of pyridine rings is 1. The predicted octanol–water partition coefficient (Wildman–Crippen LogP) is 2.65. The average molecular weight is 336 g/mol. The number of ether oxygens (including phenoxy) is 2. The zero-order chi connectivity index (χ0) is 14.4. The number of hydrogen-bond acceptors (Lipinski definition) is 5. The van der Waals surface area contributed by atoms with Crippen LogP contribution in [0.3, 0.4) is 0 Å². The van der Waals surface area contributed by atoms with Gasteiger partial charge in [0.2, 0.25) is 5.79 Å². The number of aliphatic hydroxyl groups excluding tert-OH is 1. The largest absolute Gasteiger partial charge is 0.461 e. The van der Waals surface area contributed by atoms with Crippen molar-refractivity contribution in [3.05, 3.63) is 23.0 Å². The van der Waals surface area contributed by atoms with Crippen molar-refractivity contribution in [2.45, 2.75) is 39.0 Å². The van der Waals surface area contributed by atoms with E-state index in [1.807, 2.05) is 20.8 Å². The third-order valence-electron chi connectivity index (χ3n) is 3.13. The molecule has 0 saturated carbocycles. The van der Waals surface area contributed by atoms with E-state index in [9.17, 15) is 9.67 Å². The number of nitrogens with zero attached hydrogens (tertiary/aromatic N) is 1. The molecule has 1 unspecified atom stereocenters. The minimum absolute atomic E-state index is 0. The quantitative estimate of drug-likeness (QED) is 0.841. The number of hydrogen-bond donors (Lipinski definition) is 1. The molecule has 1 aromatic rings. The standard InChI is InChI=1S/C13H20NO4P.V/c1-8-11-10(7-17-13(2,3)18-11)9(6-14-8)12(15)19(4,5)16;/h6,12,15H,7H2,1-5H3;.